The van der Waals surface area contributed by atoms with Crippen molar-refractivity contribution < 1.29 is 18.3 Å². The average Bonchev–Trinajstić information content (AvgIpc) is 2.59. The zero-order valence-corrected chi connectivity index (χ0v) is 11.4. The summed E-state index contributed by atoms with van der Waals surface area (Å²) in [5.41, 5.74) is 0. The lowest BCUT2D eigenvalue weighted by molar-refractivity contribution is 0.0372. The molecule has 0 spiro atoms. The Bertz CT molecular complexity index is 354. The summed E-state index contributed by atoms with van der Waals surface area (Å²) in [7, 11) is -3.04. The van der Waals surface area contributed by atoms with E-state index in [0.29, 0.717) is 0 Å². The van der Waals surface area contributed by atoms with Crippen LogP contribution in [0.4, 0.5) is 0 Å². The van der Waals surface area contributed by atoms with Crippen LogP contribution in [-0.2, 0) is 14.6 Å². The number of morpholine rings is 1. The number of hydrogen-bond acceptors (Lipinski definition) is 6. The number of nitrogens with one attached hydrogen (secondary N) is 1. The molecule has 2 saturated heterocycles. The van der Waals surface area contributed by atoms with E-state index in [1.54, 1.807) is 0 Å². The van der Waals surface area contributed by atoms with Gasteiger partial charge in [-0.3, -0.25) is 4.90 Å². The van der Waals surface area contributed by atoms with Gasteiger partial charge in [0.05, 0.1) is 30.8 Å². The van der Waals surface area contributed by atoms with Gasteiger partial charge in [0.25, 0.3) is 0 Å². The van der Waals surface area contributed by atoms with Gasteiger partial charge < -0.3 is 15.2 Å². The second kappa shape index (κ2) is 6.29. The van der Waals surface area contributed by atoms with Crippen molar-refractivity contribution in [3.05, 3.63) is 0 Å². The number of nitrogens with zero attached hydrogens (tertiary/aromatic N) is 1. The van der Waals surface area contributed by atoms with Crippen molar-refractivity contribution in [1.82, 2.24) is 10.2 Å². The Labute approximate surface area is 108 Å². The van der Waals surface area contributed by atoms with Crippen molar-refractivity contribution >= 4 is 9.84 Å². The number of rotatable bonds is 5. The number of ether oxygens (including phenoxy) is 1. The zero-order chi connectivity index (χ0) is 13.0. The Balaban J connectivity index is 1.60. The molecule has 0 radical (unpaired) electrons. The van der Waals surface area contributed by atoms with Gasteiger partial charge in [0, 0.05) is 19.1 Å². The quantitative estimate of drug-likeness (QED) is 0.593. The van der Waals surface area contributed by atoms with Gasteiger partial charge in [0.2, 0.25) is 0 Å². The third kappa shape index (κ3) is 4.17. The van der Waals surface area contributed by atoms with Crippen LogP contribution in [0.2, 0.25) is 0 Å². The Morgan fingerprint density at radius 2 is 2.00 bits per heavy atom. The lowest BCUT2D eigenvalue weighted by atomic mass is 10.2. The third-order valence-corrected chi connectivity index (χ3v) is 5.20. The molecule has 2 aliphatic rings. The highest BCUT2D eigenvalue weighted by molar-refractivity contribution is 7.91. The van der Waals surface area contributed by atoms with Crippen molar-refractivity contribution in [3.63, 3.8) is 0 Å². The Hall–Kier alpha value is -0.210. The molecular weight excluding hydrogens is 256 g/mol. The van der Waals surface area contributed by atoms with E-state index in [2.05, 4.69) is 10.2 Å². The summed E-state index contributed by atoms with van der Waals surface area (Å²) in [4.78, 5) is 2.34. The first-order valence-corrected chi connectivity index (χ1v) is 8.31. The Morgan fingerprint density at radius 3 is 2.61 bits per heavy atom. The van der Waals surface area contributed by atoms with E-state index in [-0.39, 0.29) is 17.5 Å². The van der Waals surface area contributed by atoms with E-state index in [1.165, 1.54) is 0 Å². The van der Waals surface area contributed by atoms with Gasteiger partial charge in [-0.15, -0.1) is 0 Å². The topological polar surface area (TPSA) is 78.9 Å². The molecular formula is C11H22N2O4S. The molecule has 6 nitrogen and oxygen atoms in total. The number of aliphatic hydroxyl groups is 1. The van der Waals surface area contributed by atoms with Crippen LogP contribution in [0, 0.1) is 0 Å². The fourth-order valence-corrected chi connectivity index (χ4v) is 4.21. The molecule has 18 heavy (non-hydrogen) atoms. The Morgan fingerprint density at radius 1 is 1.28 bits per heavy atom. The molecule has 2 fully saturated rings. The molecule has 7 heteroatoms. The highest BCUT2D eigenvalue weighted by Gasteiger charge is 2.35. The van der Waals surface area contributed by atoms with Gasteiger partial charge in [0.1, 0.15) is 0 Å². The van der Waals surface area contributed by atoms with Crippen LogP contribution < -0.4 is 5.32 Å². The highest BCUT2D eigenvalue weighted by atomic mass is 32.2. The van der Waals surface area contributed by atoms with E-state index < -0.39 is 15.9 Å². The van der Waals surface area contributed by atoms with E-state index in [0.717, 1.165) is 45.8 Å². The van der Waals surface area contributed by atoms with Crippen LogP contribution in [0.3, 0.4) is 0 Å². The summed E-state index contributed by atoms with van der Waals surface area (Å²) in [6, 6.07) is -0.292. The van der Waals surface area contributed by atoms with Gasteiger partial charge in [0.15, 0.2) is 9.84 Å². The number of aliphatic hydroxyl groups excluding tert-OH is 1. The van der Waals surface area contributed by atoms with Crippen LogP contribution >= 0.6 is 0 Å². The first kappa shape index (κ1) is 14.2. The standard InChI is InChI=1S/C11H22N2O4S/c14-11-9-18(15,16)8-10(11)12-2-1-3-13-4-6-17-7-5-13/h10-12,14H,1-9H2. The maximum absolute atomic E-state index is 11.3. The van der Waals surface area contributed by atoms with E-state index in [4.69, 9.17) is 4.74 Å². The van der Waals surface area contributed by atoms with Gasteiger partial charge >= 0.3 is 0 Å². The molecule has 2 aliphatic heterocycles. The lowest BCUT2D eigenvalue weighted by Crippen LogP contribution is -2.41. The first-order chi connectivity index (χ1) is 8.57. The normalized spacial score (nSPS) is 32.7. The molecule has 0 aromatic rings. The van der Waals surface area contributed by atoms with Crippen LogP contribution in [0.15, 0.2) is 0 Å². The van der Waals surface area contributed by atoms with Gasteiger partial charge in [-0.1, -0.05) is 0 Å². The number of sulfone groups is 1. The monoisotopic (exact) mass is 278 g/mol. The largest absolute Gasteiger partial charge is 0.390 e. The fourth-order valence-electron chi connectivity index (χ4n) is 2.44. The minimum atomic E-state index is -3.04. The average molecular weight is 278 g/mol. The van der Waals surface area contributed by atoms with Crippen molar-refractivity contribution in [3.8, 4) is 0 Å². The molecule has 0 aliphatic carbocycles. The molecule has 2 rings (SSSR count). The summed E-state index contributed by atoms with van der Waals surface area (Å²) >= 11 is 0. The molecule has 2 atom stereocenters. The van der Waals surface area contributed by atoms with Crippen LogP contribution in [0.5, 0.6) is 0 Å². The van der Waals surface area contributed by atoms with Crippen molar-refractivity contribution in [2.24, 2.45) is 0 Å². The summed E-state index contributed by atoms with van der Waals surface area (Å²) in [5, 5.41) is 12.7. The molecule has 106 valence electrons. The second-order valence-electron chi connectivity index (χ2n) is 5.01. The van der Waals surface area contributed by atoms with Crippen LogP contribution in [0.25, 0.3) is 0 Å². The number of hydrogen-bond donors (Lipinski definition) is 2. The third-order valence-electron chi connectivity index (χ3n) is 3.48. The van der Waals surface area contributed by atoms with Gasteiger partial charge in [-0.2, -0.15) is 0 Å². The van der Waals surface area contributed by atoms with Crippen LogP contribution in [0.1, 0.15) is 6.42 Å². The maximum Gasteiger partial charge on any atom is 0.154 e. The summed E-state index contributed by atoms with van der Waals surface area (Å²) in [5.74, 6) is -0.0418. The first-order valence-electron chi connectivity index (χ1n) is 6.49. The highest BCUT2D eigenvalue weighted by Crippen LogP contribution is 2.12. The SMILES string of the molecule is O=S1(=O)CC(O)C(NCCCN2CCOCC2)C1. The van der Waals surface area contributed by atoms with Crippen molar-refractivity contribution in [2.45, 2.75) is 18.6 Å². The molecule has 0 bridgehead atoms. The fraction of sp³-hybridized carbons (Fsp3) is 1.00. The second-order valence-corrected chi connectivity index (χ2v) is 7.17. The summed E-state index contributed by atoms with van der Waals surface area (Å²) in [6.45, 7) is 5.28. The van der Waals surface area contributed by atoms with Gasteiger partial charge in [-0.25, -0.2) is 8.42 Å². The lowest BCUT2D eigenvalue weighted by Gasteiger charge is -2.26. The molecule has 2 N–H and O–H groups in total. The maximum atomic E-state index is 11.3. The minimum absolute atomic E-state index is 0.0612. The summed E-state index contributed by atoms with van der Waals surface area (Å²) in [6.07, 6.45) is 0.210. The molecule has 0 amide bonds. The molecule has 2 heterocycles. The van der Waals surface area contributed by atoms with E-state index in [1.807, 2.05) is 0 Å². The van der Waals surface area contributed by atoms with Gasteiger partial charge in [-0.05, 0) is 19.5 Å². The van der Waals surface area contributed by atoms with E-state index in [9.17, 15) is 13.5 Å². The zero-order valence-electron chi connectivity index (χ0n) is 10.5. The smallest absolute Gasteiger partial charge is 0.154 e. The predicted molar refractivity (Wildman–Crippen MR) is 68.3 cm³/mol. The molecule has 0 aromatic carbocycles. The molecule has 0 saturated carbocycles. The van der Waals surface area contributed by atoms with Crippen LogP contribution in [-0.4, -0.2) is 81.5 Å². The molecule has 0 aromatic heterocycles. The molecule has 2 unspecified atom stereocenters. The Kier molecular flexibility index (Phi) is 4.97. The summed E-state index contributed by atoms with van der Waals surface area (Å²) < 4.78 is 27.9. The predicted octanol–water partition coefficient (Wildman–Crippen LogP) is -1.54. The van der Waals surface area contributed by atoms with Crippen molar-refractivity contribution in [1.29, 1.82) is 0 Å². The van der Waals surface area contributed by atoms with Crippen molar-refractivity contribution in [2.75, 3.05) is 50.9 Å². The minimum Gasteiger partial charge on any atom is -0.390 e. The van der Waals surface area contributed by atoms with E-state index >= 15 is 0 Å².